The third-order valence-corrected chi connectivity index (χ3v) is 8.78. The molecule has 0 aromatic heterocycles. The Kier molecular flexibility index (Phi) is 8.30. The van der Waals surface area contributed by atoms with Gasteiger partial charge < -0.3 is 25.0 Å². The van der Waals surface area contributed by atoms with Gasteiger partial charge in [-0.1, -0.05) is 19.3 Å². The van der Waals surface area contributed by atoms with Gasteiger partial charge in [-0.3, -0.25) is 19.3 Å². The maximum atomic E-state index is 14.8. The summed E-state index contributed by atoms with van der Waals surface area (Å²) in [7, 11) is 1.70. The minimum absolute atomic E-state index is 0.00924. The molecule has 0 unspecified atom stereocenters. The average molecular weight is 531 g/mol. The summed E-state index contributed by atoms with van der Waals surface area (Å²) < 4.78 is 25.4. The lowest BCUT2D eigenvalue weighted by molar-refractivity contribution is -0.139. The van der Waals surface area contributed by atoms with Crippen LogP contribution in [0.5, 0.6) is 0 Å². The zero-order valence-electron chi connectivity index (χ0n) is 22.1. The number of benzene rings is 1. The summed E-state index contributed by atoms with van der Waals surface area (Å²) >= 11 is 0. The number of ketones is 1. The summed E-state index contributed by atoms with van der Waals surface area (Å²) in [6.07, 6.45) is 2.44. The Labute approximate surface area is 223 Å². The maximum Gasteiger partial charge on any atom is 0.249 e. The lowest BCUT2D eigenvalue weighted by atomic mass is 9.74. The summed E-state index contributed by atoms with van der Waals surface area (Å²) in [5.74, 6) is -1.83. The molecule has 0 bridgehead atoms. The molecule has 5 rings (SSSR count). The molecule has 1 aromatic carbocycles. The topological polar surface area (TPSA) is 105 Å². The first-order valence-electron chi connectivity index (χ1n) is 13.9. The number of rotatable bonds is 8. The van der Waals surface area contributed by atoms with Gasteiger partial charge in [0.15, 0.2) is 5.78 Å². The van der Waals surface area contributed by atoms with Crippen LogP contribution in [-0.4, -0.2) is 105 Å². The van der Waals surface area contributed by atoms with Crippen molar-refractivity contribution in [3.63, 3.8) is 0 Å². The van der Waals surface area contributed by atoms with Crippen molar-refractivity contribution in [3.8, 4) is 0 Å². The van der Waals surface area contributed by atoms with Gasteiger partial charge in [-0.05, 0) is 42.5 Å². The normalized spacial score (nSPS) is 27.5. The predicted octanol–water partition coefficient (Wildman–Crippen LogP) is 1.73. The first-order valence-corrected chi connectivity index (χ1v) is 13.9. The second-order valence-corrected chi connectivity index (χ2v) is 11.0. The Bertz CT molecular complexity index is 1040. The molecule has 4 aliphatic rings. The number of amides is 2. The molecule has 38 heavy (non-hydrogen) atoms. The summed E-state index contributed by atoms with van der Waals surface area (Å²) in [6.45, 7) is 4.62. The Balaban J connectivity index is 1.47. The van der Waals surface area contributed by atoms with Gasteiger partial charge in [0, 0.05) is 51.1 Å². The van der Waals surface area contributed by atoms with Crippen molar-refractivity contribution in [2.24, 2.45) is 11.7 Å². The summed E-state index contributed by atoms with van der Waals surface area (Å²) in [5.41, 5.74) is 7.68. The first-order chi connectivity index (χ1) is 18.4. The zero-order chi connectivity index (χ0) is 26.8. The van der Waals surface area contributed by atoms with Gasteiger partial charge in [-0.25, -0.2) is 4.39 Å². The number of nitrogens with two attached hydrogens (primary N) is 1. The Morgan fingerprint density at radius 1 is 1.16 bits per heavy atom. The van der Waals surface area contributed by atoms with E-state index in [1.807, 2.05) is 12.1 Å². The number of methoxy groups -OCH3 is 1. The third-order valence-electron chi connectivity index (χ3n) is 8.78. The van der Waals surface area contributed by atoms with Crippen molar-refractivity contribution < 1.29 is 28.2 Å². The summed E-state index contributed by atoms with van der Waals surface area (Å²) in [6, 6.07) is 4.66. The SMILES string of the molecule is COCCN1CCN(c2ccc(C(N)=O)c([C@@H](C(=O)N3C[C@H](F)[C@H]4OCC(=O)[C@H]43)C3CCCCC3)c2)CC1. The lowest BCUT2D eigenvalue weighted by Gasteiger charge is -2.37. The molecule has 4 fully saturated rings. The number of ether oxygens (including phenoxy) is 2. The molecule has 2 N–H and O–H groups in total. The predicted molar refractivity (Wildman–Crippen MR) is 140 cm³/mol. The second-order valence-electron chi connectivity index (χ2n) is 11.0. The van der Waals surface area contributed by atoms with E-state index in [1.165, 1.54) is 4.90 Å². The average Bonchev–Trinajstić information content (AvgIpc) is 3.48. The van der Waals surface area contributed by atoms with Crippen molar-refractivity contribution >= 4 is 23.3 Å². The van der Waals surface area contributed by atoms with Gasteiger partial charge in [-0.2, -0.15) is 0 Å². The van der Waals surface area contributed by atoms with E-state index in [2.05, 4.69) is 9.80 Å². The number of alkyl halides is 1. The van der Waals surface area contributed by atoms with Crippen molar-refractivity contribution in [3.05, 3.63) is 29.3 Å². The molecule has 3 saturated heterocycles. The number of Topliss-reactive ketones (excluding diaryl/α,β-unsaturated/α-hetero) is 1. The monoisotopic (exact) mass is 530 g/mol. The molecule has 208 valence electrons. The molecule has 1 aliphatic carbocycles. The molecule has 10 heteroatoms. The zero-order valence-corrected chi connectivity index (χ0v) is 22.1. The van der Waals surface area contributed by atoms with Crippen LogP contribution in [-0.2, 0) is 19.1 Å². The number of piperazine rings is 1. The van der Waals surface area contributed by atoms with Crippen LogP contribution in [0.25, 0.3) is 0 Å². The molecule has 0 spiro atoms. The van der Waals surface area contributed by atoms with Crippen molar-refractivity contribution in [1.82, 2.24) is 9.80 Å². The lowest BCUT2D eigenvalue weighted by Crippen LogP contribution is -2.47. The number of halogens is 1. The fraction of sp³-hybridized carbons (Fsp3) is 0.679. The number of likely N-dealkylation sites (tertiary alicyclic amines) is 1. The molecule has 1 aromatic rings. The number of carbonyl (C=O) groups excluding carboxylic acids is 3. The number of carbonyl (C=O) groups is 3. The van der Waals surface area contributed by atoms with E-state index in [0.717, 1.165) is 70.5 Å². The molecular formula is C28H39FN4O5. The van der Waals surface area contributed by atoms with Crippen LogP contribution in [0.1, 0.15) is 53.9 Å². The summed E-state index contributed by atoms with van der Waals surface area (Å²) in [5, 5.41) is 0. The van der Waals surface area contributed by atoms with E-state index in [4.69, 9.17) is 15.2 Å². The number of hydrogen-bond acceptors (Lipinski definition) is 7. The van der Waals surface area contributed by atoms with Crippen molar-refractivity contribution in [2.45, 2.75) is 56.3 Å². The highest BCUT2D eigenvalue weighted by Crippen LogP contribution is 2.42. The number of nitrogens with zero attached hydrogens (tertiary/aromatic N) is 3. The summed E-state index contributed by atoms with van der Waals surface area (Å²) in [4.78, 5) is 45.5. The molecular weight excluding hydrogens is 491 g/mol. The van der Waals surface area contributed by atoms with Gasteiger partial charge in [0.2, 0.25) is 11.8 Å². The van der Waals surface area contributed by atoms with Crippen LogP contribution >= 0.6 is 0 Å². The van der Waals surface area contributed by atoms with Crippen LogP contribution in [0.15, 0.2) is 18.2 Å². The Hall–Kier alpha value is -2.56. The Morgan fingerprint density at radius 2 is 1.89 bits per heavy atom. The Morgan fingerprint density at radius 3 is 2.58 bits per heavy atom. The molecule has 9 nitrogen and oxygen atoms in total. The van der Waals surface area contributed by atoms with E-state index >= 15 is 0 Å². The molecule has 3 heterocycles. The second kappa shape index (κ2) is 11.7. The van der Waals surface area contributed by atoms with Crippen LogP contribution in [0.3, 0.4) is 0 Å². The smallest absolute Gasteiger partial charge is 0.249 e. The molecule has 1 saturated carbocycles. The first kappa shape index (κ1) is 27.0. The van der Waals surface area contributed by atoms with E-state index in [-0.39, 0.29) is 30.8 Å². The number of fused-ring (bicyclic) bond motifs is 1. The standard InChI is InChI=1S/C28H39FN4O5/c1-37-14-13-31-9-11-32(12-10-31)19-7-8-20(27(30)35)21(15-19)24(18-5-3-2-4-6-18)28(36)33-16-22(29)26-25(33)23(34)17-38-26/h7-8,15,18,22,24-26H,2-6,9-14,16-17H2,1H3,(H2,30,35)/t22-,24-,25+,26+/m0/s1. The van der Waals surface area contributed by atoms with Crippen LogP contribution < -0.4 is 10.6 Å². The molecule has 2 amide bonds. The van der Waals surface area contributed by atoms with E-state index in [1.54, 1.807) is 13.2 Å². The van der Waals surface area contributed by atoms with Gasteiger partial charge >= 0.3 is 0 Å². The largest absolute Gasteiger partial charge is 0.383 e. The maximum absolute atomic E-state index is 14.8. The fourth-order valence-corrected chi connectivity index (χ4v) is 6.74. The minimum Gasteiger partial charge on any atom is -0.383 e. The van der Waals surface area contributed by atoms with E-state index in [9.17, 15) is 18.8 Å². The highest BCUT2D eigenvalue weighted by molar-refractivity contribution is 5.99. The van der Waals surface area contributed by atoms with E-state index < -0.39 is 30.1 Å². The van der Waals surface area contributed by atoms with Gasteiger partial charge in [0.25, 0.3) is 0 Å². The molecule has 4 atom stereocenters. The van der Waals surface area contributed by atoms with Crippen molar-refractivity contribution in [1.29, 1.82) is 0 Å². The third kappa shape index (κ3) is 5.31. The van der Waals surface area contributed by atoms with Crippen LogP contribution in [0, 0.1) is 5.92 Å². The van der Waals surface area contributed by atoms with Crippen molar-refractivity contribution in [2.75, 3.05) is 64.5 Å². The van der Waals surface area contributed by atoms with E-state index in [0.29, 0.717) is 17.7 Å². The molecule has 0 radical (unpaired) electrons. The number of primary amides is 1. The number of hydrogen-bond donors (Lipinski definition) is 1. The molecule has 3 aliphatic heterocycles. The highest BCUT2D eigenvalue weighted by Gasteiger charge is 2.54. The van der Waals surface area contributed by atoms with Gasteiger partial charge in [0.05, 0.1) is 19.1 Å². The number of anilines is 1. The minimum atomic E-state index is -1.40. The van der Waals surface area contributed by atoms with Gasteiger partial charge in [-0.15, -0.1) is 0 Å². The van der Waals surface area contributed by atoms with Gasteiger partial charge in [0.1, 0.15) is 24.9 Å². The van der Waals surface area contributed by atoms with Crippen LogP contribution in [0.2, 0.25) is 0 Å². The fourth-order valence-electron chi connectivity index (χ4n) is 6.74. The quantitative estimate of drug-likeness (QED) is 0.546. The highest BCUT2D eigenvalue weighted by atomic mass is 19.1. The van der Waals surface area contributed by atoms with Crippen LogP contribution in [0.4, 0.5) is 10.1 Å².